The molecule has 6 nitrogen and oxygen atoms in total. The summed E-state index contributed by atoms with van der Waals surface area (Å²) in [5.41, 5.74) is -2.34. The number of halogens is 3. The zero-order chi connectivity index (χ0) is 19.7. The second-order valence-electron chi connectivity index (χ2n) is 6.19. The first kappa shape index (κ1) is 18.8. The highest BCUT2D eigenvalue weighted by Crippen LogP contribution is 2.36. The number of anilines is 1. The predicted molar refractivity (Wildman–Crippen MR) is 90.6 cm³/mol. The quantitative estimate of drug-likeness (QED) is 0.757. The number of urea groups is 1. The number of carbonyl (C=O) groups is 1. The summed E-state index contributed by atoms with van der Waals surface area (Å²) in [5, 5.41) is 15.1. The van der Waals surface area contributed by atoms with Crippen LogP contribution in [-0.4, -0.2) is 24.5 Å². The molecule has 3 N–H and O–H groups in total. The van der Waals surface area contributed by atoms with Crippen LogP contribution in [0, 0.1) is 0 Å². The van der Waals surface area contributed by atoms with Crippen molar-refractivity contribution in [2.45, 2.75) is 18.7 Å². The van der Waals surface area contributed by atoms with Crippen LogP contribution in [-0.2, 0) is 11.8 Å². The smallest absolute Gasteiger partial charge is 0.418 e. The molecule has 0 aliphatic carbocycles. The average molecular weight is 382 g/mol. The maximum atomic E-state index is 13.0. The number of para-hydroxylation sites is 1. The van der Waals surface area contributed by atoms with E-state index in [1.165, 1.54) is 19.1 Å². The third kappa shape index (κ3) is 4.25. The number of aliphatic hydroxyl groups is 1. The summed E-state index contributed by atoms with van der Waals surface area (Å²) in [6, 6.07) is 8.60. The van der Waals surface area contributed by atoms with E-state index >= 15 is 0 Å². The molecule has 1 aliphatic rings. The number of rotatable bonds is 4. The number of benzene rings is 2. The van der Waals surface area contributed by atoms with E-state index in [9.17, 15) is 23.1 Å². The predicted octanol–water partition coefficient (Wildman–Crippen LogP) is 3.46. The Hall–Kier alpha value is -2.94. The van der Waals surface area contributed by atoms with Crippen LogP contribution in [0.15, 0.2) is 42.5 Å². The number of fused-ring (bicyclic) bond motifs is 1. The van der Waals surface area contributed by atoms with Gasteiger partial charge in [0.05, 0.1) is 17.8 Å². The third-order valence-corrected chi connectivity index (χ3v) is 4.07. The fourth-order valence-electron chi connectivity index (χ4n) is 2.59. The lowest BCUT2D eigenvalue weighted by Gasteiger charge is -2.24. The molecule has 0 radical (unpaired) electrons. The molecule has 2 amide bonds. The van der Waals surface area contributed by atoms with Gasteiger partial charge in [-0.15, -0.1) is 0 Å². The van der Waals surface area contributed by atoms with Crippen molar-refractivity contribution in [2.24, 2.45) is 0 Å². The minimum absolute atomic E-state index is 0.0835. The van der Waals surface area contributed by atoms with Crippen molar-refractivity contribution in [3.8, 4) is 11.5 Å². The SMILES string of the molecule is C[C@](O)(CNC(=O)Nc1ccccc1C(F)(F)F)c1ccc2c(c1)OCO2. The number of carbonyl (C=O) groups excluding carboxylic acids is 1. The van der Waals surface area contributed by atoms with E-state index in [2.05, 4.69) is 10.6 Å². The van der Waals surface area contributed by atoms with E-state index in [-0.39, 0.29) is 19.0 Å². The molecule has 1 atom stereocenters. The van der Waals surface area contributed by atoms with Gasteiger partial charge in [-0.2, -0.15) is 13.2 Å². The molecule has 9 heteroatoms. The Labute approximate surface area is 152 Å². The van der Waals surface area contributed by atoms with Gasteiger partial charge >= 0.3 is 12.2 Å². The molecule has 0 fully saturated rings. The van der Waals surface area contributed by atoms with E-state index in [0.717, 1.165) is 12.1 Å². The first-order chi connectivity index (χ1) is 12.7. The number of ether oxygens (including phenoxy) is 2. The van der Waals surface area contributed by atoms with E-state index in [0.29, 0.717) is 17.1 Å². The highest BCUT2D eigenvalue weighted by Gasteiger charge is 2.34. The Balaban J connectivity index is 1.65. The number of alkyl halides is 3. The minimum Gasteiger partial charge on any atom is -0.454 e. The van der Waals surface area contributed by atoms with Crippen molar-refractivity contribution in [2.75, 3.05) is 18.7 Å². The standard InChI is InChI=1S/C18H17F3N2O4/c1-17(25,11-6-7-14-15(8-11)27-10-26-14)9-22-16(24)23-13-5-3-2-4-12(13)18(19,20)21/h2-8,25H,9-10H2,1H3,(H2,22,23,24)/t17-/m0/s1. The van der Waals surface area contributed by atoms with Gasteiger partial charge in [-0.3, -0.25) is 0 Å². The van der Waals surface area contributed by atoms with Gasteiger partial charge in [-0.25, -0.2) is 4.79 Å². The molecular formula is C18H17F3N2O4. The van der Waals surface area contributed by atoms with Crippen molar-refractivity contribution in [3.63, 3.8) is 0 Å². The minimum atomic E-state index is -4.60. The Kier molecular flexibility index (Phi) is 4.88. The van der Waals surface area contributed by atoms with Crippen LogP contribution in [0.4, 0.5) is 23.7 Å². The Morgan fingerprint density at radius 2 is 1.85 bits per heavy atom. The first-order valence-electron chi connectivity index (χ1n) is 8.00. The van der Waals surface area contributed by atoms with Crippen LogP contribution < -0.4 is 20.1 Å². The fraction of sp³-hybridized carbons (Fsp3) is 0.278. The molecule has 27 heavy (non-hydrogen) atoms. The summed E-state index contributed by atoms with van der Waals surface area (Å²) >= 11 is 0. The summed E-state index contributed by atoms with van der Waals surface area (Å²) in [5.74, 6) is 1.01. The third-order valence-electron chi connectivity index (χ3n) is 4.07. The van der Waals surface area contributed by atoms with E-state index in [1.54, 1.807) is 18.2 Å². The second kappa shape index (κ2) is 6.99. The van der Waals surface area contributed by atoms with Gasteiger partial charge in [0.2, 0.25) is 6.79 Å². The van der Waals surface area contributed by atoms with Gasteiger partial charge < -0.3 is 25.2 Å². The molecule has 1 aliphatic heterocycles. The van der Waals surface area contributed by atoms with Crippen LogP contribution in [0.25, 0.3) is 0 Å². The molecule has 2 aromatic rings. The topological polar surface area (TPSA) is 79.8 Å². The lowest BCUT2D eigenvalue weighted by molar-refractivity contribution is -0.136. The van der Waals surface area contributed by atoms with E-state index < -0.39 is 23.4 Å². The van der Waals surface area contributed by atoms with Crippen molar-refractivity contribution >= 4 is 11.7 Å². The molecule has 0 aromatic heterocycles. The second-order valence-corrected chi connectivity index (χ2v) is 6.19. The van der Waals surface area contributed by atoms with Crippen molar-refractivity contribution < 1.29 is 32.5 Å². The van der Waals surface area contributed by atoms with Crippen LogP contribution in [0.5, 0.6) is 11.5 Å². The van der Waals surface area contributed by atoms with Gasteiger partial charge in [-0.1, -0.05) is 18.2 Å². The summed E-state index contributed by atoms with van der Waals surface area (Å²) in [6.45, 7) is 1.32. The molecule has 2 aromatic carbocycles. The number of nitrogens with one attached hydrogen (secondary N) is 2. The molecule has 0 saturated carbocycles. The van der Waals surface area contributed by atoms with E-state index in [4.69, 9.17) is 9.47 Å². The monoisotopic (exact) mass is 382 g/mol. The molecule has 3 rings (SSSR count). The maximum absolute atomic E-state index is 13.0. The van der Waals surface area contributed by atoms with Crippen LogP contribution in [0.3, 0.4) is 0 Å². The zero-order valence-corrected chi connectivity index (χ0v) is 14.3. The highest BCUT2D eigenvalue weighted by molar-refractivity contribution is 5.90. The van der Waals surface area contributed by atoms with Crippen LogP contribution in [0.2, 0.25) is 0 Å². The number of hydrogen-bond donors (Lipinski definition) is 3. The van der Waals surface area contributed by atoms with Crippen molar-refractivity contribution in [1.82, 2.24) is 5.32 Å². The van der Waals surface area contributed by atoms with Crippen LogP contribution >= 0.6 is 0 Å². The Morgan fingerprint density at radius 3 is 2.59 bits per heavy atom. The van der Waals surface area contributed by atoms with Gasteiger partial charge in [0.15, 0.2) is 11.5 Å². The summed E-state index contributed by atoms with van der Waals surface area (Å²) in [7, 11) is 0. The Bertz CT molecular complexity index is 853. The van der Waals surface area contributed by atoms with Gasteiger partial charge in [0.1, 0.15) is 5.60 Å². The largest absolute Gasteiger partial charge is 0.454 e. The highest BCUT2D eigenvalue weighted by atomic mass is 19.4. The summed E-state index contributed by atoms with van der Waals surface area (Å²) in [4.78, 5) is 12.0. The van der Waals surface area contributed by atoms with Crippen LogP contribution in [0.1, 0.15) is 18.1 Å². The fourth-order valence-corrected chi connectivity index (χ4v) is 2.59. The molecule has 144 valence electrons. The molecule has 0 bridgehead atoms. The van der Waals surface area contributed by atoms with Crippen molar-refractivity contribution in [3.05, 3.63) is 53.6 Å². The van der Waals surface area contributed by atoms with Gasteiger partial charge in [0, 0.05) is 0 Å². The first-order valence-corrected chi connectivity index (χ1v) is 8.00. The molecule has 0 saturated heterocycles. The van der Waals surface area contributed by atoms with Gasteiger partial charge in [0.25, 0.3) is 0 Å². The maximum Gasteiger partial charge on any atom is 0.418 e. The lowest BCUT2D eigenvalue weighted by atomic mass is 9.95. The average Bonchev–Trinajstić information content (AvgIpc) is 3.07. The van der Waals surface area contributed by atoms with Crippen molar-refractivity contribution in [1.29, 1.82) is 0 Å². The lowest BCUT2D eigenvalue weighted by Crippen LogP contribution is -2.40. The van der Waals surface area contributed by atoms with Gasteiger partial charge in [-0.05, 0) is 36.8 Å². The Morgan fingerprint density at radius 1 is 1.15 bits per heavy atom. The van der Waals surface area contributed by atoms with E-state index in [1.807, 2.05) is 0 Å². The summed E-state index contributed by atoms with van der Waals surface area (Å²) < 4.78 is 49.3. The normalized spacial score (nSPS) is 15.1. The molecular weight excluding hydrogens is 365 g/mol. The molecule has 1 heterocycles. The molecule has 0 unspecified atom stereocenters. The molecule has 0 spiro atoms. The number of amides is 2. The number of hydrogen-bond acceptors (Lipinski definition) is 4. The summed E-state index contributed by atoms with van der Waals surface area (Å²) in [6.07, 6.45) is -4.60. The zero-order valence-electron chi connectivity index (χ0n) is 14.3.